The summed E-state index contributed by atoms with van der Waals surface area (Å²) in [6.07, 6.45) is 1.38. The molecule has 2 aromatic carbocycles. The first-order chi connectivity index (χ1) is 12.4. The maximum absolute atomic E-state index is 12.0. The number of rotatable bonds is 7. The zero-order chi connectivity index (χ0) is 19.1. The van der Waals surface area contributed by atoms with E-state index in [0.717, 1.165) is 4.47 Å². The second kappa shape index (κ2) is 9.21. The average molecular weight is 442 g/mol. The van der Waals surface area contributed by atoms with E-state index in [-0.39, 0.29) is 22.4 Å². The van der Waals surface area contributed by atoms with Crippen LogP contribution in [-0.4, -0.2) is 36.9 Å². The van der Waals surface area contributed by atoms with E-state index >= 15 is 0 Å². The quantitative estimate of drug-likeness (QED) is 0.507. The molecule has 1 amide bonds. The lowest BCUT2D eigenvalue weighted by Crippen LogP contribution is -2.17. The van der Waals surface area contributed by atoms with Gasteiger partial charge in [0.25, 0.3) is 5.91 Å². The molecule has 136 valence electrons. The Hall–Kier alpha value is -2.58. The Kier molecular flexibility index (Phi) is 6.99. The van der Waals surface area contributed by atoms with Crippen molar-refractivity contribution in [2.45, 2.75) is 0 Å². The van der Waals surface area contributed by atoms with Gasteiger partial charge >= 0.3 is 5.97 Å². The summed E-state index contributed by atoms with van der Waals surface area (Å²) in [5.74, 6) is -1.13. The van der Waals surface area contributed by atoms with Crippen molar-refractivity contribution in [3.05, 3.63) is 57.0 Å². The Bertz CT molecular complexity index is 840. The van der Waals surface area contributed by atoms with Gasteiger partial charge in [0, 0.05) is 10.0 Å². The fourth-order valence-electron chi connectivity index (χ4n) is 1.92. The molecule has 0 aromatic heterocycles. The van der Waals surface area contributed by atoms with Gasteiger partial charge in [-0.05, 0) is 42.0 Å². The third kappa shape index (κ3) is 5.47. The molecule has 26 heavy (non-hydrogen) atoms. The molecule has 0 unspecified atom stereocenters. The van der Waals surface area contributed by atoms with Crippen molar-refractivity contribution in [2.24, 2.45) is 5.10 Å². The molecule has 2 rings (SSSR count). The van der Waals surface area contributed by atoms with Gasteiger partial charge in [-0.25, -0.2) is 10.2 Å². The highest BCUT2D eigenvalue weighted by Gasteiger charge is 2.13. The van der Waals surface area contributed by atoms with E-state index in [2.05, 4.69) is 26.5 Å². The minimum Gasteiger partial charge on any atom is -0.493 e. The smallest absolute Gasteiger partial charge is 0.341 e. The lowest BCUT2D eigenvalue weighted by Gasteiger charge is -2.11. The van der Waals surface area contributed by atoms with Crippen LogP contribution in [0.25, 0.3) is 0 Å². The predicted molar refractivity (Wildman–Crippen MR) is 100 cm³/mol. The Labute approximate surface area is 162 Å². The molecule has 7 nitrogen and oxygen atoms in total. The van der Waals surface area contributed by atoms with Crippen molar-refractivity contribution < 1.29 is 24.2 Å². The van der Waals surface area contributed by atoms with Crippen molar-refractivity contribution in [1.82, 2.24) is 5.43 Å². The van der Waals surface area contributed by atoms with E-state index in [1.165, 1.54) is 19.4 Å². The standard InChI is InChI=1S/C17H14BrClN2O5/c1-25-14-7-10(6-13(19)16(14)26-9-15(22)23)8-20-21-17(24)11-2-4-12(18)5-3-11/h2-8H,9H2,1H3,(H,21,24)(H,22,23)/b20-8+. The number of aliphatic carboxylic acids is 1. The van der Waals surface area contributed by atoms with Crippen LogP contribution in [0.3, 0.4) is 0 Å². The zero-order valence-electron chi connectivity index (χ0n) is 13.5. The third-order valence-electron chi connectivity index (χ3n) is 3.08. The average Bonchev–Trinajstić information content (AvgIpc) is 2.60. The molecule has 2 aromatic rings. The number of carboxylic acids is 1. The molecule has 0 aliphatic heterocycles. The molecular weight excluding hydrogens is 428 g/mol. The molecule has 0 aliphatic rings. The lowest BCUT2D eigenvalue weighted by molar-refractivity contribution is -0.139. The highest BCUT2D eigenvalue weighted by atomic mass is 79.9. The first kappa shape index (κ1) is 19.7. The summed E-state index contributed by atoms with van der Waals surface area (Å²) < 4.78 is 11.1. The van der Waals surface area contributed by atoms with Gasteiger partial charge < -0.3 is 14.6 Å². The Balaban J connectivity index is 2.09. The SMILES string of the molecule is COc1cc(/C=N/NC(=O)c2ccc(Br)cc2)cc(Cl)c1OCC(=O)O. The summed E-state index contributed by atoms with van der Waals surface area (Å²) in [5, 5.41) is 12.7. The Morgan fingerprint density at radius 3 is 2.62 bits per heavy atom. The molecule has 0 heterocycles. The molecule has 0 aliphatic carbocycles. The number of carbonyl (C=O) groups excluding carboxylic acids is 1. The minimum absolute atomic E-state index is 0.118. The zero-order valence-corrected chi connectivity index (χ0v) is 15.9. The van der Waals surface area contributed by atoms with E-state index in [1.807, 2.05) is 0 Å². The first-order valence-corrected chi connectivity index (χ1v) is 8.39. The number of nitrogens with one attached hydrogen (secondary N) is 1. The van der Waals surface area contributed by atoms with Crippen LogP contribution in [0.5, 0.6) is 11.5 Å². The van der Waals surface area contributed by atoms with Crippen LogP contribution >= 0.6 is 27.5 Å². The summed E-state index contributed by atoms with van der Waals surface area (Å²) in [4.78, 5) is 22.6. The molecule has 0 saturated carbocycles. The predicted octanol–water partition coefficient (Wildman–Crippen LogP) is 3.34. The number of carboxylic acid groups (broad SMARTS) is 1. The fourth-order valence-corrected chi connectivity index (χ4v) is 2.46. The molecule has 0 bridgehead atoms. The number of benzene rings is 2. The summed E-state index contributed by atoms with van der Waals surface area (Å²) >= 11 is 9.39. The highest BCUT2D eigenvalue weighted by Crippen LogP contribution is 2.36. The molecular formula is C17H14BrClN2O5. The monoisotopic (exact) mass is 440 g/mol. The van der Waals surface area contributed by atoms with E-state index in [4.69, 9.17) is 26.2 Å². The van der Waals surface area contributed by atoms with Crippen LogP contribution in [0.15, 0.2) is 46.0 Å². The lowest BCUT2D eigenvalue weighted by atomic mass is 10.2. The number of methoxy groups -OCH3 is 1. The maximum Gasteiger partial charge on any atom is 0.341 e. The van der Waals surface area contributed by atoms with Gasteiger partial charge in [0.05, 0.1) is 18.3 Å². The minimum atomic E-state index is -1.13. The molecule has 2 N–H and O–H groups in total. The van der Waals surface area contributed by atoms with Crippen LogP contribution in [0.1, 0.15) is 15.9 Å². The van der Waals surface area contributed by atoms with Crippen molar-refractivity contribution in [3.8, 4) is 11.5 Å². The van der Waals surface area contributed by atoms with Gasteiger partial charge in [-0.3, -0.25) is 4.79 Å². The van der Waals surface area contributed by atoms with E-state index in [9.17, 15) is 9.59 Å². The second-order valence-electron chi connectivity index (χ2n) is 4.92. The van der Waals surface area contributed by atoms with Gasteiger partial charge in [0.1, 0.15) is 0 Å². The van der Waals surface area contributed by atoms with Crippen molar-refractivity contribution >= 4 is 45.6 Å². The first-order valence-electron chi connectivity index (χ1n) is 7.22. The molecule has 0 saturated heterocycles. The van der Waals surface area contributed by atoms with E-state index in [1.54, 1.807) is 30.3 Å². The largest absolute Gasteiger partial charge is 0.493 e. The maximum atomic E-state index is 12.0. The van der Waals surface area contributed by atoms with Gasteiger partial charge in [-0.1, -0.05) is 27.5 Å². The number of nitrogens with zero attached hydrogens (tertiary/aromatic N) is 1. The summed E-state index contributed by atoms with van der Waals surface area (Å²) in [6, 6.07) is 9.87. The number of hydrazone groups is 1. The van der Waals surface area contributed by atoms with Crippen molar-refractivity contribution in [2.75, 3.05) is 13.7 Å². The van der Waals surface area contributed by atoms with Gasteiger partial charge in [-0.15, -0.1) is 0 Å². The third-order valence-corrected chi connectivity index (χ3v) is 3.89. The van der Waals surface area contributed by atoms with E-state index < -0.39 is 12.6 Å². The highest BCUT2D eigenvalue weighted by molar-refractivity contribution is 9.10. The number of amides is 1. The van der Waals surface area contributed by atoms with Crippen molar-refractivity contribution in [3.63, 3.8) is 0 Å². The number of hydrogen-bond donors (Lipinski definition) is 2. The van der Waals surface area contributed by atoms with Crippen LogP contribution in [0, 0.1) is 0 Å². The van der Waals surface area contributed by atoms with Gasteiger partial charge in [0.15, 0.2) is 18.1 Å². The fraction of sp³-hybridized carbons (Fsp3) is 0.118. The number of ether oxygens (including phenoxy) is 2. The van der Waals surface area contributed by atoms with Crippen molar-refractivity contribution in [1.29, 1.82) is 0 Å². The number of carbonyl (C=O) groups is 2. The summed E-state index contributed by atoms with van der Waals surface area (Å²) in [5.41, 5.74) is 3.39. The van der Waals surface area contributed by atoms with Crippen LogP contribution < -0.4 is 14.9 Å². The number of halogens is 2. The molecule has 0 spiro atoms. The van der Waals surface area contributed by atoms with Crippen LogP contribution in [0.2, 0.25) is 5.02 Å². The van der Waals surface area contributed by atoms with E-state index in [0.29, 0.717) is 11.1 Å². The summed E-state index contributed by atoms with van der Waals surface area (Å²) in [6.45, 7) is -0.549. The topological polar surface area (TPSA) is 97.2 Å². The second-order valence-corrected chi connectivity index (χ2v) is 6.25. The van der Waals surface area contributed by atoms with Crippen LogP contribution in [-0.2, 0) is 4.79 Å². The normalized spacial score (nSPS) is 10.6. The molecule has 0 fully saturated rings. The summed E-state index contributed by atoms with van der Waals surface area (Å²) in [7, 11) is 1.40. The number of hydrogen-bond acceptors (Lipinski definition) is 5. The van der Waals surface area contributed by atoms with Crippen LogP contribution in [0.4, 0.5) is 0 Å². The van der Waals surface area contributed by atoms with Gasteiger partial charge in [-0.2, -0.15) is 5.10 Å². The molecule has 9 heteroatoms. The Morgan fingerprint density at radius 1 is 1.31 bits per heavy atom. The molecule has 0 radical (unpaired) electrons. The molecule has 0 atom stereocenters. The Morgan fingerprint density at radius 2 is 2.00 bits per heavy atom. The van der Waals surface area contributed by atoms with Gasteiger partial charge in [0.2, 0.25) is 0 Å².